The predicted molar refractivity (Wildman–Crippen MR) is 64.4 cm³/mol. The van der Waals surface area contributed by atoms with Crippen LogP contribution >= 0.6 is 11.8 Å². The second kappa shape index (κ2) is 5.48. The summed E-state index contributed by atoms with van der Waals surface area (Å²) in [5.41, 5.74) is 5.53. The Bertz CT molecular complexity index is 462. The summed E-state index contributed by atoms with van der Waals surface area (Å²) in [5.74, 6) is -0.190. The van der Waals surface area contributed by atoms with E-state index in [-0.39, 0.29) is 22.3 Å². The Morgan fingerprint density at radius 3 is 2.82 bits per heavy atom. The van der Waals surface area contributed by atoms with E-state index in [1.807, 2.05) is 13.8 Å². The Hall–Kier alpha value is -1.83. The second-order valence-corrected chi connectivity index (χ2v) is 5.02. The summed E-state index contributed by atoms with van der Waals surface area (Å²) < 4.78 is 0. The van der Waals surface area contributed by atoms with Crippen molar-refractivity contribution in [2.75, 3.05) is 0 Å². The van der Waals surface area contributed by atoms with Gasteiger partial charge in [-0.25, -0.2) is 4.98 Å². The van der Waals surface area contributed by atoms with Crippen molar-refractivity contribution in [1.29, 1.82) is 0 Å². The Morgan fingerprint density at radius 2 is 2.35 bits per heavy atom. The molecule has 1 heterocycles. The van der Waals surface area contributed by atoms with Crippen LogP contribution in [0, 0.1) is 10.1 Å². The maximum absolute atomic E-state index is 10.6. The zero-order valence-electron chi connectivity index (χ0n) is 9.32. The summed E-state index contributed by atoms with van der Waals surface area (Å²) in [7, 11) is 0. The molecule has 92 valence electrons. The molecule has 1 aromatic heterocycles. The van der Waals surface area contributed by atoms with Crippen LogP contribution in [0.25, 0.3) is 0 Å². The van der Waals surface area contributed by atoms with E-state index in [0.717, 1.165) is 6.20 Å². The highest BCUT2D eigenvalue weighted by atomic mass is 32.2. The normalized spacial score (nSPS) is 11.8. The second-order valence-electron chi connectivity index (χ2n) is 3.46. The van der Waals surface area contributed by atoms with E-state index in [1.165, 1.54) is 17.8 Å². The first kappa shape index (κ1) is 13.2. The first-order valence-corrected chi connectivity index (χ1v) is 5.62. The van der Waals surface area contributed by atoms with Crippen molar-refractivity contribution in [3.8, 4) is 0 Å². The molecule has 17 heavy (non-hydrogen) atoms. The molecule has 0 radical (unpaired) electrons. The summed E-state index contributed by atoms with van der Waals surface area (Å²) in [6, 6.07) is 1.24. The van der Waals surface area contributed by atoms with Crippen LogP contribution in [0.1, 0.15) is 19.4 Å². The van der Waals surface area contributed by atoms with Crippen molar-refractivity contribution < 1.29 is 10.1 Å². The lowest BCUT2D eigenvalue weighted by Crippen LogP contribution is -2.15. The lowest BCUT2D eigenvalue weighted by atomic mass is 10.2. The number of nitrogens with zero attached hydrogens (tertiary/aromatic N) is 3. The standard InChI is InChI=1S/C9H12N4O3S/c1-5(2)17-9-7(8(10)12-14)3-6(4-11-9)13(15)16/h3-5,14H,1-2H3,(H2,10,12). The van der Waals surface area contributed by atoms with Crippen LogP contribution in [0.4, 0.5) is 5.69 Å². The van der Waals surface area contributed by atoms with E-state index in [1.54, 1.807) is 0 Å². The molecule has 0 unspecified atom stereocenters. The monoisotopic (exact) mass is 256 g/mol. The number of rotatable bonds is 4. The number of nitrogens with two attached hydrogens (primary N) is 1. The first-order chi connectivity index (χ1) is 7.95. The highest BCUT2D eigenvalue weighted by Crippen LogP contribution is 2.26. The molecule has 0 aliphatic carbocycles. The molecular formula is C9H12N4O3S. The molecule has 0 aliphatic heterocycles. The summed E-state index contributed by atoms with van der Waals surface area (Å²) in [6.07, 6.45) is 1.15. The lowest BCUT2D eigenvalue weighted by Gasteiger charge is -2.08. The molecule has 1 rings (SSSR count). The van der Waals surface area contributed by atoms with Gasteiger partial charge in [-0.15, -0.1) is 11.8 Å². The minimum Gasteiger partial charge on any atom is -0.409 e. The zero-order chi connectivity index (χ0) is 13.0. The maximum atomic E-state index is 10.6. The van der Waals surface area contributed by atoms with Crippen LogP contribution < -0.4 is 5.73 Å². The van der Waals surface area contributed by atoms with Gasteiger partial charge >= 0.3 is 0 Å². The van der Waals surface area contributed by atoms with Crippen LogP contribution in [-0.2, 0) is 0 Å². The number of amidine groups is 1. The number of hydrogen-bond donors (Lipinski definition) is 2. The van der Waals surface area contributed by atoms with Gasteiger partial charge in [0, 0.05) is 11.3 Å². The molecular weight excluding hydrogens is 244 g/mol. The molecule has 0 atom stereocenters. The molecule has 0 saturated carbocycles. The number of nitro groups is 1. The number of aromatic nitrogens is 1. The highest BCUT2D eigenvalue weighted by molar-refractivity contribution is 7.99. The van der Waals surface area contributed by atoms with Crippen LogP contribution in [0.15, 0.2) is 22.4 Å². The van der Waals surface area contributed by atoms with Crippen molar-refractivity contribution in [3.63, 3.8) is 0 Å². The van der Waals surface area contributed by atoms with Crippen LogP contribution in [0.3, 0.4) is 0 Å². The van der Waals surface area contributed by atoms with Crippen LogP contribution in [0.2, 0.25) is 0 Å². The number of thioether (sulfide) groups is 1. The van der Waals surface area contributed by atoms with Crippen molar-refractivity contribution in [2.45, 2.75) is 24.1 Å². The summed E-state index contributed by atoms with van der Waals surface area (Å²) >= 11 is 1.38. The van der Waals surface area contributed by atoms with Gasteiger partial charge < -0.3 is 10.9 Å². The summed E-state index contributed by atoms with van der Waals surface area (Å²) in [6.45, 7) is 3.90. The van der Waals surface area contributed by atoms with Gasteiger partial charge in [0.25, 0.3) is 5.69 Å². The van der Waals surface area contributed by atoms with E-state index in [0.29, 0.717) is 5.03 Å². The Balaban J connectivity index is 3.26. The number of hydrogen-bond acceptors (Lipinski definition) is 6. The first-order valence-electron chi connectivity index (χ1n) is 4.74. The molecule has 0 spiro atoms. The molecule has 0 fully saturated rings. The van der Waals surface area contributed by atoms with Crippen LogP contribution in [-0.4, -0.2) is 26.2 Å². The largest absolute Gasteiger partial charge is 0.409 e. The van der Waals surface area contributed by atoms with E-state index < -0.39 is 4.92 Å². The fraction of sp³-hybridized carbons (Fsp3) is 0.333. The third-order valence-corrected chi connectivity index (χ3v) is 2.80. The lowest BCUT2D eigenvalue weighted by molar-refractivity contribution is -0.385. The summed E-state index contributed by atoms with van der Waals surface area (Å²) in [5, 5.41) is 22.8. The minimum absolute atomic E-state index is 0.190. The summed E-state index contributed by atoms with van der Waals surface area (Å²) in [4.78, 5) is 14.0. The smallest absolute Gasteiger partial charge is 0.288 e. The van der Waals surface area contributed by atoms with Crippen LogP contribution in [0.5, 0.6) is 0 Å². The van der Waals surface area contributed by atoms with Gasteiger partial charge in [0.05, 0.1) is 10.5 Å². The Kier molecular flexibility index (Phi) is 4.27. The fourth-order valence-electron chi connectivity index (χ4n) is 1.10. The van der Waals surface area contributed by atoms with Crippen molar-refractivity contribution >= 4 is 23.3 Å². The molecule has 0 aromatic carbocycles. The fourth-order valence-corrected chi connectivity index (χ4v) is 1.95. The molecule has 7 nitrogen and oxygen atoms in total. The number of pyridine rings is 1. The molecule has 1 aromatic rings. The molecule has 8 heteroatoms. The van der Waals surface area contributed by atoms with Crippen molar-refractivity contribution in [2.24, 2.45) is 10.9 Å². The van der Waals surface area contributed by atoms with Gasteiger partial charge in [-0.1, -0.05) is 19.0 Å². The minimum atomic E-state index is -0.578. The Labute approximate surface area is 102 Å². The molecule has 0 saturated heterocycles. The average molecular weight is 256 g/mol. The van der Waals surface area contributed by atoms with Gasteiger partial charge in [-0.3, -0.25) is 10.1 Å². The molecule has 0 bridgehead atoms. The topological polar surface area (TPSA) is 115 Å². The van der Waals surface area contributed by atoms with E-state index in [4.69, 9.17) is 10.9 Å². The SMILES string of the molecule is CC(C)Sc1ncc([N+](=O)[O-])cc1C(N)=NO. The molecule has 0 amide bonds. The third kappa shape index (κ3) is 3.31. The van der Waals surface area contributed by atoms with Gasteiger partial charge in [-0.2, -0.15) is 0 Å². The van der Waals surface area contributed by atoms with Gasteiger partial charge in [0.2, 0.25) is 0 Å². The third-order valence-electron chi connectivity index (χ3n) is 1.78. The Morgan fingerprint density at radius 1 is 1.71 bits per heavy atom. The van der Waals surface area contributed by atoms with Gasteiger partial charge in [0.1, 0.15) is 11.2 Å². The quantitative estimate of drug-likeness (QED) is 0.211. The number of oxime groups is 1. The molecule has 3 N–H and O–H groups in total. The zero-order valence-corrected chi connectivity index (χ0v) is 10.1. The highest BCUT2D eigenvalue weighted by Gasteiger charge is 2.16. The van der Waals surface area contributed by atoms with E-state index in [2.05, 4.69) is 10.1 Å². The van der Waals surface area contributed by atoms with Gasteiger partial charge in [0.15, 0.2) is 5.84 Å². The van der Waals surface area contributed by atoms with Gasteiger partial charge in [-0.05, 0) is 0 Å². The van der Waals surface area contributed by atoms with E-state index >= 15 is 0 Å². The maximum Gasteiger partial charge on any atom is 0.288 e. The van der Waals surface area contributed by atoms with E-state index in [9.17, 15) is 10.1 Å². The average Bonchev–Trinajstić information content (AvgIpc) is 2.27. The van der Waals surface area contributed by atoms with Crippen molar-refractivity contribution in [3.05, 3.63) is 27.9 Å². The predicted octanol–water partition coefficient (Wildman–Crippen LogP) is 1.58. The van der Waals surface area contributed by atoms with Crippen molar-refractivity contribution in [1.82, 2.24) is 4.98 Å². The molecule has 0 aliphatic rings.